The third-order valence-electron chi connectivity index (χ3n) is 7.88. The summed E-state index contributed by atoms with van der Waals surface area (Å²) >= 11 is 1.22. The zero-order valence-electron chi connectivity index (χ0n) is 21.8. The van der Waals surface area contributed by atoms with Crippen molar-refractivity contribution in [3.63, 3.8) is 0 Å². The molecule has 41 heavy (non-hydrogen) atoms. The molecule has 0 saturated heterocycles. The number of thiazole rings is 1. The van der Waals surface area contributed by atoms with Gasteiger partial charge < -0.3 is 0 Å². The van der Waals surface area contributed by atoms with E-state index in [1.54, 1.807) is 41.5 Å². The van der Waals surface area contributed by atoms with Gasteiger partial charge in [0.05, 0.1) is 29.2 Å². The van der Waals surface area contributed by atoms with Crippen molar-refractivity contribution in [2.24, 2.45) is 15.4 Å². The summed E-state index contributed by atoms with van der Waals surface area (Å²) in [5, 5.41) is 6.06. The minimum absolute atomic E-state index is 0.0630. The standard InChI is InChI=1S/C27H25F3N6O3S2/c1-2-35(41(38,39)22-15-32-25(34-22)24(29)30)20-6-3-17-11-21-16(14-33-36(21)19-7-4-18(28)5-8-19)12-27(17,13-20)23(37)26-31-9-10-40-26/h4-5,7-11,14-15,20,24-25H,2-3,6,12-13H2,1H3/t20-,25?,27-/m0/s1. The smallest absolute Gasteiger partial charge is 0.280 e. The molecular weight excluding hydrogens is 577 g/mol. The van der Waals surface area contributed by atoms with Gasteiger partial charge in [0, 0.05) is 24.2 Å². The van der Waals surface area contributed by atoms with E-state index in [1.807, 2.05) is 6.08 Å². The highest BCUT2D eigenvalue weighted by Crippen LogP contribution is 2.51. The van der Waals surface area contributed by atoms with Crippen molar-refractivity contribution >= 4 is 44.5 Å². The fraction of sp³-hybridized carbons (Fsp3) is 0.370. The molecular formula is C27H25F3N6O3S2. The van der Waals surface area contributed by atoms with Crippen LogP contribution in [0.25, 0.3) is 11.8 Å². The molecule has 0 amide bonds. The van der Waals surface area contributed by atoms with Gasteiger partial charge in [0.25, 0.3) is 16.4 Å². The van der Waals surface area contributed by atoms with Crippen LogP contribution in [0, 0.1) is 11.2 Å². The molecule has 2 aliphatic carbocycles. The molecule has 0 bridgehead atoms. The second kappa shape index (κ2) is 10.4. The molecule has 1 aliphatic heterocycles. The number of aliphatic imine (C=N–C) groups is 2. The van der Waals surface area contributed by atoms with E-state index < -0.39 is 39.1 Å². The molecule has 3 aliphatic rings. The summed E-state index contributed by atoms with van der Waals surface area (Å²) in [4.78, 5) is 25.6. The monoisotopic (exact) mass is 602 g/mol. The number of carbonyl (C=O) groups is 1. The van der Waals surface area contributed by atoms with E-state index in [0.717, 1.165) is 23.0 Å². The number of carbonyl (C=O) groups excluding carboxylic acids is 1. The second-order valence-corrected chi connectivity index (χ2v) is 12.9. The van der Waals surface area contributed by atoms with Crippen LogP contribution in [0.4, 0.5) is 13.2 Å². The number of hydrogen-bond donors (Lipinski definition) is 0. The maximum atomic E-state index is 14.2. The van der Waals surface area contributed by atoms with E-state index in [-0.39, 0.29) is 31.0 Å². The molecule has 1 unspecified atom stereocenters. The van der Waals surface area contributed by atoms with Crippen molar-refractivity contribution in [2.45, 2.75) is 51.2 Å². The number of halogens is 3. The Morgan fingerprint density at radius 2 is 2.05 bits per heavy atom. The Bertz CT molecular complexity index is 1680. The van der Waals surface area contributed by atoms with Crippen LogP contribution < -0.4 is 0 Å². The molecule has 3 heterocycles. The molecule has 14 heteroatoms. The average molecular weight is 603 g/mol. The van der Waals surface area contributed by atoms with E-state index in [4.69, 9.17) is 0 Å². The Labute approximate surface area is 238 Å². The molecule has 1 aromatic carbocycles. The Morgan fingerprint density at radius 1 is 1.27 bits per heavy atom. The number of alkyl halides is 2. The van der Waals surface area contributed by atoms with Crippen molar-refractivity contribution in [3.05, 3.63) is 69.7 Å². The van der Waals surface area contributed by atoms with Crippen LogP contribution in [0.1, 0.15) is 47.2 Å². The van der Waals surface area contributed by atoms with Crippen LogP contribution in [0.3, 0.4) is 0 Å². The van der Waals surface area contributed by atoms with Gasteiger partial charge in [0.15, 0.2) is 10.1 Å². The average Bonchev–Trinajstić information content (AvgIpc) is 3.73. The summed E-state index contributed by atoms with van der Waals surface area (Å²) in [5.41, 5.74) is 2.01. The first kappa shape index (κ1) is 27.7. The van der Waals surface area contributed by atoms with Crippen LogP contribution in [0.2, 0.25) is 0 Å². The third kappa shape index (κ3) is 4.67. The normalized spacial score (nSPS) is 23.9. The molecule has 1 saturated carbocycles. The quantitative estimate of drug-likeness (QED) is 0.369. The van der Waals surface area contributed by atoms with E-state index in [9.17, 15) is 26.4 Å². The zero-order valence-corrected chi connectivity index (χ0v) is 23.5. The Morgan fingerprint density at radius 3 is 2.71 bits per heavy atom. The SMILES string of the molecule is CCN([C@H]1CCC2=Cc3c(cnn3-c3ccc(F)cc3)C[C@]2(C(=O)c2nccs2)C1)S(=O)(=O)C1=NC(C(F)F)N=C1. The molecule has 0 spiro atoms. The number of benzene rings is 1. The third-order valence-corrected chi connectivity index (χ3v) is 10.6. The highest BCUT2D eigenvalue weighted by atomic mass is 32.2. The number of hydrogen-bond acceptors (Lipinski definition) is 8. The van der Waals surface area contributed by atoms with Gasteiger partial charge in [0.1, 0.15) is 5.82 Å². The van der Waals surface area contributed by atoms with Crippen molar-refractivity contribution < 1.29 is 26.4 Å². The number of aromatic nitrogens is 3. The summed E-state index contributed by atoms with van der Waals surface area (Å²) in [6.07, 6.45) is 2.67. The molecule has 3 aromatic rings. The minimum Gasteiger partial charge on any atom is -0.290 e. The van der Waals surface area contributed by atoms with Gasteiger partial charge in [-0.3, -0.25) is 9.79 Å². The largest absolute Gasteiger partial charge is 0.290 e. The number of sulfonamides is 1. The van der Waals surface area contributed by atoms with Gasteiger partial charge >= 0.3 is 0 Å². The van der Waals surface area contributed by atoms with Crippen LogP contribution >= 0.6 is 11.3 Å². The van der Waals surface area contributed by atoms with Crippen LogP contribution in [0.15, 0.2) is 57.6 Å². The zero-order chi connectivity index (χ0) is 28.9. The van der Waals surface area contributed by atoms with E-state index >= 15 is 0 Å². The highest BCUT2D eigenvalue weighted by molar-refractivity contribution is 8.06. The fourth-order valence-electron chi connectivity index (χ4n) is 5.99. The Hall–Kier alpha value is -3.49. The molecule has 6 rings (SSSR count). The van der Waals surface area contributed by atoms with E-state index in [2.05, 4.69) is 20.1 Å². The van der Waals surface area contributed by atoms with Gasteiger partial charge in [-0.2, -0.15) is 9.40 Å². The van der Waals surface area contributed by atoms with Gasteiger partial charge in [-0.15, -0.1) is 11.3 Å². The van der Waals surface area contributed by atoms with Gasteiger partial charge in [-0.1, -0.05) is 12.5 Å². The minimum atomic E-state index is -4.25. The van der Waals surface area contributed by atoms with Crippen molar-refractivity contribution in [1.82, 2.24) is 19.1 Å². The maximum absolute atomic E-state index is 14.2. The van der Waals surface area contributed by atoms with Crippen molar-refractivity contribution in [1.29, 1.82) is 0 Å². The van der Waals surface area contributed by atoms with E-state index in [1.165, 1.54) is 27.8 Å². The molecule has 0 radical (unpaired) electrons. The van der Waals surface area contributed by atoms with Crippen LogP contribution in [-0.2, 0) is 16.4 Å². The number of fused-ring (bicyclic) bond motifs is 2. The fourth-order valence-corrected chi connectivity index (χ4v) is 8.26. The Kier molecular flexibility index (Phi) is 7.02. The second-order valence-electron chi connectivity index (χ2n) is 10.1. The lowest BCUT2D eigenvalue weighted by molar-refractivity contribution is 0.0745. The van der Waals surface area contributed by atoms with Crippen LogP contribution in [-0.4, -0.2) is 69.7 Å². The molecule has 9 nitrogen and oxygen atoms in total. The summed E-state index contributed by atoms with van der Waals surface area (Å²) < 4.78 is 70.0. The van der Waals surface area contributed by atoms with E-state index in [0.29, 0.717) is 23.5 Å². The predicted octanol–water partition coefficient (Wildman–Crippen LogP) is 4.56. The summed E-state index contributed by atoms with van der Waals surface area (Å²) in [7, 11) is -4.25. The lowest BCUT2D eigenvalue weighted by Crippen LogP contribution is -2.51. The highest BCUT2D eigenvalue weighted by Gasteiger charge is 2.52. The lowest BCUT2D eigenvalue weighted by Gasteiger charge is -2.46. The maximum Gasteiger partial charge on any atom is 0.280 e. The van der Waals surface area contributed by atoms with Crippen LogP contribution in [0.5, 0.6) is 0 Å². The van der Waals surface area contributed by atoms with Crippen molar-refractivity contribution in [3.8, 4) is 5.69 Å². The first-order valence-corrected chi connectivity index (χ1v) is 15.3. The van der Waals surface area contributed by atoms with Gasteiger partial charge in [-0.05, 0) is 61.6 Å². The summed E-state index contributed by atoms with van der Waals surface area (Å²) in [5.74, 6) is -0.566. The predicted molar refractivity (Wildman–Crippen MR) is 149 cm³/mol. The van der Waals surface area contributed by atoms with Gasteiger partial charge in [-0.25, -0.2) is 36.2 Å². The number of ketones is 1. The first-order valence-electron chi connectivity index (χ1n) is 13.0. The number of allylic oxidation sites excluding steroid dienone is 1. The molecule has 0 N–H and O–H groups in total. The number of nitrogens with zero attached hydrogens (tertiary/aromatic N) is 6. The molecule has 2 aromatic heterocycles. The van der Waals surface area contributed by atoms with Gasteiger partial charge in [0.2, 0.25) is 11.9 Å². The van der Waals surface area contributed by atoms with Crippen molar-refractivity contribution in [2.75, 3.05) is 6.54 Å². The molecule has 1 fully saturated rings. The topological polar surface area (TPSA) is 110 Å². The number of Topliss-reactive ketones (excluding diaryl/α,β-unsaturated/α-hetero) is 1. The summed E-state index contributed by atoms with van der Waals surface area (Å²) in [6, 6.07) is 5.35. The molecule has 3 atom stereocenters. The number of rotatable bonds is 7. The first-order chi connectivity index (χ1) is 19.6. The summed E-state index contributed by atoms with van der Waals surface area (Å²) in [6.45, 7) is 1.73. The Balaban J connectivity index is 1.39. The lowest BCUT2D eigenvalue weighted by atomic mass is 9.61. The molecule has 214 valence electrons.